The molecule has 0 unspecified atom stereocenters. The molecule has 3 aromatic carbocycles. The number of benzene rings is 3. The van der Waals surface area contributed by atoms with Gasteiger partial charge in [-0.1, -0.05) is 86.8 Å². The van der Waals surface area contributed by atoms with Crippen LogP contribution in [-0.4, -0.2) is 50.3 Å². The molecule has 7 nitrogen and oxygen atoms in total. The minimum atomic E-state index is -4.08. The highest BCUT2D eigenvalue weighted by Crippen LogP contribution is 2.27. The monoisotopic (exact) mass is 589 g/mol. The summed E-state index contributed by atoms with van der Waals surface area (Å²) in [5.74, 6) is -0.364. The normalized spacial score (nSPS) is 14.5. The zero-order valence-corrected chi connectivity index (χ0v) is 25.9. The minimum absolute atomic E-state index is 0.108. The maximum Gasteiger partial charge on any atom is 0.264 e. The Labute approximate surface area is 251 Å². The second-order valence-electron chi connectivity index (χ2n) is 11.6. The number of nitrogens with zero attached hydrogens (tertiary/aromatic N) is 2. The molecular formula is C34H43N3O4S. The number of hydrogen-bond acceptors (Lipinski definition) is 4. The van der Waals surface area contributed by atoms with Crippen molar-refractivity contribution in [3.05, 3.63) is 95.6 Å². The molecular weight excluding hydrogens is 546 g/mol. The van der Waals surface area contributed by atoms with E-state index in [4.69, 9.17) is 0 Å². The first kappa shape index (κ1) is 31.3. The van der Waals surface area contributed by atoms with Crippen molar-refractivity contribution in [2.45, 2.75) is 82.7 Å². The standard InChI is InChI=1S/C34H43N3O4S/c1-25(2)29-16-18-31(19-17-29)37(42(40,41)32-20-14-26(3)15-21-32)24-33(38)36(23-22-28-10-6-5-7-11-28)27(4)34(39)35-30-12-8-9-13-30/h5-7,10-11,14-21,25,27,30H,8-9,12-13,22-24H2,1-4H3,(H,35,39)/t27-/m0/s1. The summed E-state index contributed by atoms with van der Waals surface area (Å²) in [6.45, 7) is 7.62. The van der Waals surface area contributed by atoms with Crippen LogP contribution in [0.3, 0.4) is 0 Å². The molecule has 224 valence electrons. The molecule has 3 aromatic rings. The Hall–Kier alpha value is -3.65. The summed E-state index contributed by atoms with van der Waals surface area (Å²) in [6, 6.07) is 23.0. The van der Waals surface area contributed by atoms with E-state index < -0.39 is 28.5 Å². The zero-order valence-electron chi connectivity index (χ0n) is 25.1. The van der Waals surface area contributed by atoms with Crippen molar-refractivity contribution in [1.82, 2.24) is 10.2 Å². The van der Waals surface area contributed by atoms with E-state index in [0.717, 1.165) is 42.4 Å². The molecule has 1 N–H and O–H groups in total. The van der Waals surface area contributed by atoms with Crippen molar-refractivity contribution >= 4 is 27.5 Å². The lowest BCUT2D eigenvalue weighted by molar-refractivity contribution is -0.139. The van der Waals surface area contributed by atoms with E-state index in [9.17, 15) is 18.0 Å². The molecule has 0 aliphatic heterocycles. The topological polar surface area (TPSA) is 86.8 Å². The average molecular weight is 590 g/mol. The van der Waals surface area contributed by atoms with Crippen LogP contribution in [0.15, 0.2) is 83.8 Å². The number of amides is 2. The molecule has 42 heavy (non-hydrogen) atoms. The van der Waals surface area contributed by atoms with E-state index in [1.165, 1.54) is 9.21 Å². The quantitative estimate of drug-likeness (QED) is 0.288. The van der Waals surface area contributed by atoms with Crippen LogP contribution >= 0.6 is 0 Å². The number of carbonyl (C=O) groups is 2. The largest absolute Gasteiger partial charge is 0.352 e. The van der Waals surface area contributed by atoms with Gasteiger partial charge in [0.1, 0.15) is 12.6 Å². The highest BCUT2D eigenvalue weighted by molar-refractivity contribution is 7.92. The van der Waals surface area contributed by atoms with Crippen LogP contribution < -0.4 is 9.62 Å². The summed E-state index contributed by atoms with van der Waals surface area (Å²) in [5.41, 5.74) is 3.44. The lowest BCUT2D eigenvalue weighted by Gasteiger charge is -2.32. The van der Waals surface area contributed by atoms with E-state index >= 15 is 0 Å². The first-order valence-corrected chi connectivity index (χ1v) is 16.3. The molecule has 0 radical (unpaired) electrons. The van der Waals surface area contributed by atoms with Crippen molar-refractivity contribution in [2.75, 3.05) is 17.4 Å². The van der Waals surface area contributed by atoms with Crippen molar-refractivity contribution < 1.29 is 18.0 Å². The molecule has 1 aliphatic carbocycles. The highest BCUT2D eigenvalue weighted by Gasteiger charge is 2.33. The number of hydrogen-bond donors (Lipinski definition) is 1. The van der Waals surface area contributed by atoms with E-state index in [0.29, 0.717) is 12.1 Å². The van der Waals surface area contributed by atoms with Crippen LogP contribution in [0.5, 0.6) is 0 Å². The summed E-state index contributed by atoms with van der Waals surface area (Å²) in [4.78, 5) is 29.0. The SMILES string of the molecule is Cc1ccc(S(=O)(=O)N(CC(=O)N(CCc2ccccc2)[C@@H](C)C(=O)NC2CCCC2)c2ccc(C(C)C)cc2)cc1. The first-order valence-electron chi connectivity index (χ1n) is 14.9. The fourth-order valence-corrected chi connectivity index (χ4v) is 6.77. The van der Waals surface area contributed by atoms with Gasteiger partial charge in [0.05, 0.1) is 10.6 Å². The number of aryl methyl sites for hydroxylation is 1. The summed E-state index contributed by atoms with van der Waals surface area (Å²) in [7, 11) is -4.08. The molecule has 0 heterocycles. The smallest absolute Gasteiger partial charge is 0.264 e. The van der Waals surface area contributed by atoms with Gasteiger partial charge in [-0.3, -0.25) is 13.9 Å². The molecule has 0 spiro atoms. The number of carbonyl (C=O) groups excluding carboxylic acids is 2. The van der Waals surface area contributed by atoms with Crippen LogP contribution in [-0.2, 0) is 26.0 Å². The van der Waals surface area contributed by atoms with Crippen molar-refractivity contribution in [1.29, 1.82) is 0 Å². The Morgan fingerprint density at radius 3 is 2.10 bits per heavy atom. The highest BCUT2D eigenvalue weighted by atomic mass is 32.2. The average Bonchev–Trinajstić information content (AvgIpc) is 3.49. The van der Waals surface area contributed by atoms with Crippen molar-refractivity contribution in [2.24, 2.45) is 0 Å². The summed E-state index contributed by atoms with van der Waals surface area (Å²) >= 11 is 0. The van der Waals surface area contributed by atoms with Crippen LogP contribution in [0.25, 0.3) is 0 Å². The van der Waals surface area contributed by atoms with Gasteiger partial charge < -0.3 is 10.2 Å². The number of anilines is 1. The third-order valence-corrected chi connectivity index (χ3v) is 9.88. The van der Waals surface area contributed by atoms with E-state index in [2.05, 4.69) is 19.2 Å². The van der Waals surface area contributed by atoms with Gasteiger partial charge in [0.15, 0.2) is 0 Å². The van der Waals surface area contributed by atoms with Gasteiger partial charge in [-0.15, -0.1) is 0 Å². The molecule has 1 aliphatic rings. The minimum Gasteiger partial charge on any atom is -0.352 e. The zero-order chi connectivity index (χ0) is 30.3. The predicted molar refractivity (Wildman–Crippen MR) is 168 cm³/mol. The summed E-state index contributed by atoms with van der Waals surface area (Å²) in [5, 5.41) is 3.11. The Kier molecular flexibility index (Phi) is 10.4. The van der Waals surface area contributed by atoms with Gasteiger partial charge in [0.25, 0.3) is 10.0 Å². The second-order valence-corrected chi connectivity index (χ2v) is 13.4. The molecule has 1 atom stereocenters. The molecule has 0 aromatic heterocycles. The molecule has 0 bridgehead atoms. The number of sulfonamides is 1. The number of rotatable bonds is 12. The first-order chi connectivity index (χ1) is 20.1. The second kappa shape index (κ2) is 14.0. The van der Waals surface area contributed by atoms with Crippen molar-refractivity contribution in [3.8, 4) is 0 Å². The fraction of sp³-hybridized carbons (Fsp3) is 0.412. The molecule has 8 heteroatoms. The molecule has 4 rings (SSSR count). The number of nitrogens with one attached hydrogen (secondary N) is 1. The van der Waals surface area contributed by atoms with E-state index in [1.807, 2.05) is 49.4 Å². The van der Waals surface area contributed by atoms with Crippen LogP contribution in [0, 0.1) is 6.92 Å². The van der Waals surface area contributed by atoms with Gasteiger partial charge >= 0.3 is 0 Å². The maximum absolute atomic E-state index is 14.1. The lowest BCUT2D eigenvalue weighted by Crippen LogP contribution is -2.53. The molecule has 1 saturated carbocycles. The van der Waals surface area contributed by atoms with Crippen molar-refractivity contribution in [3.63, 3.8) is 0 Å². The Morgan fingerprint density at radius 2 is 1.50 bits per heavy atom. The third-order valence-electron chi connectivity index (χ3n) is 8.09. The Morgan fingerprint density at radius 1 is 0.881 bits per heavy atom. The van der Waals surface area contributed by atoms with Gasteiger partial charge in [-0.05, 0) is 74.4 Å². The molecule has 1 fully saturated rings. The Bertz CT molecular complexity index is 1430. The lowest BCUT2D eigenvalue weighted by atomic mass is 10.0. The van der Waals surface area contributed by atoms with Gasteiger partial charge in [-0.2, -0.15) is 0 Å². The summed E-state index contributed by atoms with van der Waals surface area (Å²) in [6.07, 6.45) is 4.58. The van der Waals surface area contributed by atoms with Crippen LogP contribution in [0.4, 0.5) is 5.69 Å². The predicted octanol–water partition coefficient (Wildman–Crippen LogP) is 5.83. The third kappa shape index (κ3) is 7.79. The van der Waals surface area contributed by atoms with E-state index in [-0.39, 0.29) is 29.3 Å². The summed E-state index contributed by atoms with van der Waals surface area (Å²) < 4.78 is 29.2. The van der Waals surface area contributed by atoms with Crippen LogP contribution in [0.1, 0.15) is 69.1 Å². The van der Waals surface area contributed by atoms with E-state index in [1.54, 1.807) is 43.3 Å². The van der Waals surface area contributed by atoms with Gasteiger partial charge in [0, 0.05) is 12.6 Å². The maximum atomic E-state index is 14.1. The fourth-order valence-electron chi connectivity index (χ4n) is 5.35. The molecule has 0 saturated heterocycles. The van der Waals surface area contributed by atoms with Gasteiger partial charge in [0.2, 0.25) is 11.8 Å². The Balaban J connectivity index is 1.65. The van der Waals surface area contributed by atoms with Crippen LogP contribution in [0.2, 0.25) is 0 Å². The van der Waals surface area contributed by atoms with Gasteiger partial charge in [-0.25, -0.2) is 8.42 Å². The molecule has 2 amide bonds.